The fourth-order valence-electron chi connectivity index (χ4n) is 2.69. The highest BCUT2D eigenvalue weighted by Gasteiger charge is 2.28. The first-order valence-electron chi connectivity index (χ1n) is 6.81. The standard InChI is InChI=1S/C15H18N2OS/c1-2-16-13-4-3-8-17(15(13)18)12-5-6-14-11(10-12)7-9-19-14/h5-7,9-10,13,16H,2-4,8H2,1H3. The van der Waals surface area contributed by atoms with Crippen molar-refractivity contribution < 1.29 is 4.79 Å². The van der Waals surface area contributed by atoms with Crippen LogP contribution >= 0.6 is 11.3 Å². The summed E-state index contributed by atoms with van der Waals surface area (Å²) >= 11 is 1.74. The first-order chi connectivity index (χ1) is 9.29. The van der Waals surface area contributed by atoms with E-state index in [9.17, 15) is 4.79 Å². The van der Waals surface area contributed by atoms with Gasteiger partial charge in [-0.25, -0.2) is 0 Å². The summed E-state index contributed by atoms with van der Waals surface area (Å²) < 4.78 is 1.27. The second-order valence-corrected chi connectivity index (χ2v) is 5.83. The van der Waals surface area contributed by atoms with Crippen molar-refractivity contribution >= 4 is 33.0 Å². The monoisotopic (exact) mass is 274 g/mol. The van der Waals surface area contributed by atoms with Crippen LogP contribution in [0.4, 0.5) is 5.69 Å². The Labute approximate surface area is 117 Å². The summed E-state index contributed by atoms with van der Waals surface area (Å²) in [5, 5.41) is 6.59. The first-order valence-corrected chi connectivity index (χ1v) is 7.69. The average molecular weight is 274 g/mol. The molecule has 3 rings (SSSR count). The van der Waals surface area contributed by atoms with Crippen molar-refractivity contribution in [2.75, 3.05) is 18.0 Å². The number of thiophene rings is 1. The van der Waals surface area contributed by atoms with Crippen molar-refractivity contribution in [3.63, 3.8) is 0 Å². The highest BCUT2D eigenvalue weighted by Crippen LogP contribution is 2.28. The molecular formula is C15H18N2OS. The Balaban J connectivity index is 1.89. The van der Waals surface area contributed by atoms with Gasteiger partial charge in [0.1, 0.15) is 0 Å². The van der Waals surface area contributed by atoms with E-state index in [2.05, 4.69) is 35.0 Å². The molecule has 1 aromatic carbocycles. The van der Waals surface area contributed by atoms with Crippen LogP contribution in [0.15, 0.2) is 29.6 Å². The van der Waals surface area contributed by atoms with Gasteiger partial charge in [-0.05, 0) is 54.4 Å². The molecular weight excluding hydrogens is 256 g/mol. The van der Waals surface area contributed by atoms with Gasteiger partial charge in [-0.2, -0.15) is 0 Å². The van der Waals surface area contributed by atoms with Crippen LogP contribution in [0.2, 0.25) is 0 Å². The third-order valence-electron chi connectivity index (χ3n) is 3.64. The number of rotatable bonds is 3. The Hall–Kier alpha value is -1.39. The van der Waals surface area contributed by atoms with Gasteiger partial charge in [-0.3, -0.25) is 4.79 Å². The molecule has 19 heavy (non-hydrogen) atoms. The van der Waals surface area contributed by atoms with Gasteiger partial charge in [0.2, 0.25) is 5.91 Å². The highest BCUT2D eigenvalue weighted by atomic mass is 32.1. The van der Waals surface area contributed by atoms with E-state index in [0.29, 0.717) is 0 Å². The average Bonchev–Trinajstić information content (AvgIpc) is 2.88. The lowest BCUT2D eigenvalue weighted by atomic mass is 10.0. The molecule has 4 heteroatoms. The number of likely N-dealkylation sites (N-methyl/N-ethyl adjacent to an activating group) is 1. The number of nitrogens with one attached hydrogen (secondary N) is 1. The molecule has 1 saturated heterocycles. The smallest absolute Gasteiger partial charge is 0.244 e. The lowest BCUT2D eigenvalue weighted by Crippen LogP contribution is -2.50. The van der Waals surface area contributed by atoms with Gasteiger partial charge in [-0.1, -0.05) is 6.92 Å². The third kappa shape index (κ3) is 2.38. The minimum Gasteiger partial charge on any atom is -0.311 e. The largest absolute Gasteiger partial charge is 0.311 e. The number of amides is 1. The number of benzene rings is 1. The molecule has 1 aromatic heterocycles. The molecule has 1 amide bonds. The summed E-state index contributed by atoms with van der Waals surface area (Å²) in [6.45, 7) is 3.72. The maximum atomic E-state index is 12.5. The molecule has 0 aliphatic carbocycles. The van der Waals surface area contributed by atoms with Crippen LogP contribution in [0.25, 0.3) is 10.1 Å². The number of anilines is 1. The van der Waals surface area contributed by atoms with Crippen LogP contribution in [0.5, 0.6) is 0 Å². The van der Waals surface area contributed by atoms with Crippen molar-refractivity contribution in [3.8, 4) is 0 Å². The fourth-order valence-corrected chi connectivity index (χ4v) is 3.46. The molecule has 100 valence electrons. The summed E-state index contributed by atoms with van der Waals surface area (Å²) in [5.74, 6) is 0.211. The van der Waals surface area contributed by atoms with Crippen LogP contribution in [0.1, 0.15) is 19.8 Å². The van der Waals surface area contributed by atoms with Crippen molar-refractivity contribution in [3.05, 3.63) is 29.6 Å². The molecule has 1 aliphatic rings. The number of hydrogen-bond donors (Lipinski definition) is 1. The molecule has 1 unspecified atom stereocenters. The van der Waals surface area contributed by atoms with Crippen LogP contribution in [0, 0.1) is 0 Å². The van der Waals surface area contributed by atoms with E-state index in [1.54, 1.807) is 11.3 Å². The third-order valence-corrected chi connectivity index (χ3v) is 4.53. The quantitative estimate of drug-likeness (QED) is 0.933. The Morgan fingerprint density at radius 2 is 2.32 bits per heavy atom. The lowest BCUT2D eigenvalue weighted by Gasteiger charge is -2.32. The molecule has 0 bridgehead atoms. The van der Waals surface area contributed by atoms with Gasteiger partial charge < -0.3 is 10.2 Å². The van der Waals surface area contributed by atoms with Gasteiger partial charge >= 0.3 is 0 Å². The van der Waals surface area contributed by atoms with Crippen molar-refractivity contribution in [1.29, 1.82) is 0 Å². The number of carbonyl (C=O) groups is 1. The second kappa shape index (κ2) is 5.31. The van der Waals surface area contributed by atoms with E-state index in [4.69, 9.17) is 0 Å². The number of nitrogens with zero attached hydrogens (tertiary/aromatic N) is 1. The van der Waals surface area contributed by atoms with E-state index < -0.39 is 0 Å². The molecule has 1 fully saturated rings. The second-order valence-electron chi connectivity index (χ2n) is 4.89. The lowest BCUT2D eigenvalue weighted by molar-refractivity contribution is -0.121. The number of piperidine rings is 1. The zero-order valence-electron chi connectivity index (χ0n) is 11.1. The molecule has 1 N–H and O–H groups in total. The molecule has 2 heterocycles. The van der Waals surface area contributed by atoms with E-state index in [-0.39, 0.29) is 11.9 Å². The number of carbonyl (C=O) groups excluding carboxylic acids is 1. The normalized spacial score (nSPS) is 20.2. The molecule has 0 saturated carbocycles. The van der Waals surface area contributed by atoms with E-state index in [1.165, 1.54) is 10.1 Å². The minimum atomic E-state index is -0.0167. The number of fused-ring (bicyclic) bond motifs is 1. The van der Waals surface area contributed by atoms with Crippen LogP contribution in [-0.4, -0.2) is 25.0 Å². The van der Waals surface area contributed by atoms with Crippen molar-refractivity contribution in [1.82, 2.24) is 5.32 Å². The molecule has 1 aliphatic heterocycles. The van der Waals surface area contributed by atoms with Crippen molar-refractivity contribution in [2.24, 2.45) is 0 Å². The molecule has 2 aromatic rings. The maximum absolute atomic E-state index is 12.5. The predicted octanol–water partition coefficient (Wildman–Crippen LogP) is 3.01. The maximum Gasteiger partial charge on any atom is 0.244 e. The Bertz CT molecular complexity index is 591. The Morgan fingerprint density at radius 1 is 1.42 bits per heavy atom. The Kier molecular flexibility index (Phi) is 3.53. The fraction of sp³-hybridized carbons (Fsp3) is 0.400. The topological polar surface area (TPSA) is 32.3 Å². The van der Waals surface area contributed by atoms with E-state index in [1.807, 2.05) is 11.8 Å². The summed E-state index contributed by atoms with van der Waals surface area (Å²) in [6, 6.07) is 8.39. The minimum absolute atomic E-state index is 0.0167. The zero-order valence-corrected chi connectivity index (χ0v) is 11.9. The summed E-state index contributed by atoms with van der Waals surface area (Å²) in [5.41, 5.74) is 1.03. The molecule has 1 atom stereocenters. The highest BCUT2D eigenvalue weighted by molar-refractivity contribution is 7.17. The van der Waals surface area contributed by atoms with E-state index >= 15 is 0 Å². The SMILES string of the molecule is CCNC1CCCN(c2ccc3sccc3c2)C1=O. The van der Waals surface area contributed by atoms with Gasteiger partial charge in [0.25, 0.3) is 0 Å². The zero-order chi connectivity index (χ0) is 13.2. The molecule has 3 nitrogen and oxygen atoms in total. The summed E-state index contributed by atoms with van der Waals surface area (Å²) in [6.07, 6.45) is 2.01. The van der Waals surface area contributed by atoms with Crippen LogP contribution in [-0.2, 0) is 4.79 Å². The van der Waals surface area contributed by atoms with Gasteiger partial charge in [0.05, 0.1) is 6.04 Å². The molecule has 0 radical (unpaired) electrons. The number of hydrogen-bond acceptors (Lipinski definition) is 3. The van der Waals surface area contributed by atoms with E-state index in [0.717, 1.165) is 31.6 Å². The summed E-state index contributed by atoms with van der Waals surface area (Å²) in [7, 11) is 0. The van der Waals surface area contributed by atoms with Crippen molar-refractivity contribution in [2.45, 2.75) is 25.8 Å². The van der Waals surface area contributed by atoms with Gasteiger partial charge in [0, 0.05) is 16.9 Å². The van der Waals surface area contributed by atoms with Crippen LogP contribution in [0.3, 0.4) is 0 Å². The predicted molar refractivity (Wildman–Crippen MR) is 80.9 cm³/mol. The van der Waals surface area contributed by atoms with Gasteiger partial charge in [-0.15, -0.1) is 11.3 Å². The molecule has 0 spiro atoms. The van der Waals surface area contributed by atoms with Gasteiger partial charge in [0.15, 0.2) is 0 Å². The first kappa shape index (κ1) is 12.6. The summed E-state index contributed by atoms with van der Waals surface area (Å²) in [4.78, 5) is 14.4. The Morgan fingerprint density at radius 3 is 3.16 bits per heavy atom. The van der Waals surface area contributed by atoms with Crippen LogP contribution < -0.4 is 10.2 Å².